The smallest absolute Gasteiger partial charge is 0.306 e. The van der Waals surface area contributed by atoms with E-state index >= 15 is 0 Å². The molecule has 0 unspecified atom stereocenters. The van der Waals surface area contributed by atoms with Crippen molar-refractivity contribution < 1.29 is 23.4 Å². The maximum absolute atomic E-state index is 14.5. The summed E-state index contributed by atoms with van der Waals surface area (Å²) in [5.74, 6) is 0.208. The van der Waals surface area contributed by atoms with Crippen LogP contribution in [0.3, 0.4) is 0 Å². The van der Waals surface area contributed by atoms with E-state index in [9.17, 15) is 9.18 Å². The Hall–Kier alpha value is -3.38. The summed E-state index contributed by atoms with van der Waals surface area (Å²) >= 11 is 0. The molecule has 3 aromatic carbocycles. The van der Waals surface area contributed by atoms with E-state index < -0.39 is 0 Å². The van der Waals surface area contributed by atoms with Crippen LogP contribution in [0.25, 0.3) is 11.1 Å². The highest BCUT2D eigenvalue weighted by Gasteiger charge is 2.11. The highest BCUT2D eigenvalue weighted by molar-refractivity contribution is 5.72. The molecule has 0 atom stereocenters. The number of aryl methyl sites for hydroxylation is 3. The van der Waals surface area contributed by atoms with Crippen LogP contribution in [0.4, 0.5) is 10.1 Å². The number of benzene rings is 3. The first-order valence-electron chi connectivity index (χ1n) is 12.5. The van der Waals surface area contributed by atoms with Crippen LogP contribution in [-0.4, -0.2) is 32.4 Å². The molecule has 0 amide bonds. The lowest BCUT2D eigenvalue weighted by Gasteiger charge is -2.15. The van der Waals surface area contributed by atoms with Crippen molar-refractivity contribution in [3.63, 3.8) is 0 Å². The van der Waals surface area contributed by atoms with Gasteiger partial charge in [-0.3, -0.25) is 4.79 Å². The average Bonchev–Trinajstić information content (AvgIpc) is 2.85. The first kappa shape index (κ1) is 27.2. The lowest BCUT2D eigenvalue weighted by atomic mass is 9.94. The van der Waals surface area contributed by atoms with Gasteiger partial charge in [0, 0.05) is 25.3 Å². The summed E-state index contributed by atoms with van der Waals surface area (Å²) in [6, 6.07) is 17.5. The first-order chi connectivity index (χ1) is 17.4. The zero-order valence-electron chi connectivity index (χ0n) is 21.7. The van der Waals surface area contributed by atoms with Crippen LogP contribution in [0.1, 0.15) is 42.5 Å². The largest absolute Gasteiger partial charge is 0.491 e. The van der Waals surface area contributed by atoms with Gasteiger partial charge in [-0.05, 0) is 97.8 Å². The molecule has 6 heteroatoms. The van der Waals surface area contributed by atoms with Crippen molar-refractivity contribution in [1.82, 2.24) is 0 Å². The minimum Gasteiger partial charge on any atom is -0.491 e. The summed E-state index contributed by atoms with van der Waals surface area (Å²) in [4.78, 5) is 11.5. The molecule has 3 rings (SSSR count). The Balaban J connectivity index is 1.64. The molecule has 1 N–H and O–H groups in total. The van der Waals surface area contributed by atoms with E-state index in [1.165, 1.54) is 11.6 Å². The fourth-order valence-electron chi connectivity index (χ4n) is 4.20. The molecule has 0 bridgehead atoms. The van der Waals surface area contributed by atoms with Gasteiger partial charge >= 0.3 is 5.97 Å². The Labute approximate surface area is 213 Å². The predicted octanol–water partition coefficient (Wildman–Crippen LogP) is 6.63. The van der Waals surface area contributed by atoms with Gasteiger partial charge in [0.05, 0.1) is 13.2 Å². The average molecular weight is 494 g/mol. The maximum Gasteiger partial charge on any atom is 0.306 e. The quantitative estimate of drug-likeness (QED) is 0.214. The molecule has 0 saturated carbocycles. The molecular weight excluding hydrogens is 457 g/mol. The molecular formula is C30H36FNO4. The van der Waals surface area contributed by atoms with Gasteiger partial charge in [0.2, 0.25) is 0 Å². The summed E-state index contributed by atoms with van der Waals surface area (Å²) in [6.45, 7) is 10.6. The Morgan fingerprint density at radius 1 is 0.944 bits per heavy atom. The number of hydrogen-bond donors (Lipinski definition) is 1. The number of hydrogen-bond acceptors (Lipinski definition) is 5. The summed E-state index contributed by atoms with van der Waals surface area (Å²) in [6.07, 6.45) is 0.492. The van der Waals surface area contributed by atoms with Crippen molar-refractivity contribution in [2.24, 2.45) is 0 Å². The summed E-state index contributed by atoms with van der Waals surface area (Å²) in [5, 5.41) is 3.30. The maximum atomic E-state index is 14.5. The van der Waals surface area contributed by atoms with Crippen LogP contribution >= 0.6 is 0 Å². The van der Waals surface area contributed by atoms with Crippen LogP contribution in [0.5, 0.6) is 5.75 Å². The zero-order valence-corrected chi connectivity index (χ0v) is 21.7. The van der Waals surface area contributed by atoms with E-state index in [2.05, 4.69) is 49.5 Å². The van der Waals surface area contributed by atoms with Gasteiger partial charge < -0.3 is 19.5 Å². The molecule has 0 aliphatic rings. The minimum absolute atomic E-state index is 0.170. The van der Waals surface area contributed by atoms with Crippen molar-refractivity contribution in [3.05, 3.63) is 82.7 Å². The van der Waals surface area contributed by atoms with Gasteiger partial charge in [0.1, 0.15) is 18.2 Å². The molecule has 5 nitrogen and oxygen atoms in total. The van der Waals surface area contributed by atoms with E-state index in [0.29, 0.717) is 50.6 Å². The summed E-state index contributed by atoms with van der Waals surface area (Å²) in [7, 11) is 0. The molecule has 0 fully saturated rings. The second-order valence-corrected chi connectivity index (χ2v) is 8.64. The first-order valence-corrected chi connectivity index (χ1v) is 12.5. The number of carbonyl (C=O) groups is 1. The fraction of sp³-hybridized carbons (Fsp3) is 0.367. The third kappa shape index (κ3) is 7.82. The topological polar surface area (TPSA) is 56.8 Å². The van der Waals surface area contributed by atoms with Crippen molar-refractivity contribution in [2.45, 2.75) is 47.1 Å². The molecule has 0 aliphatic heterocycles. The summed E-state index contributed by atoms with van der Waals surface area (Å²) in [5.41, 5.74) is 6.90. The molecule has 0 radical (unpaired) electrons. The Kier molecular flexibility index (Phi) is 10.3. The standard InChI is InChI=1S/C30H36FNO4/c1-5-34-14-15-36-27-16-21(3)30(22(4)17-27)25-9-7-8-23(18-25)20-32-26-12-10-24(28(31)19-26)11-13-29(33)35-6-2/h7-10,12,16-19,32H,5-6,11,13-15,20H2,1-4H3. The van der Waals surface area contributed by atoms with E-state index in [4.69, 9.17) is 14.2 Å². The Bertz CT molecular complexity index is 1140. The van der Waals surface area contributed by atoms with E-state index in [0.717, 1.165) is 28.0 Å². The predicted molar refractivity (Wildman–Crippen MR) is 142 cm³/mol. The molecule has 3 aromatic rings. The SMILES string of the molecule is CCOCCOc1cc(C)c(-c2cccc(CNc3ccc(CCC(=O)OCC)c(F)c3)c2)c(C)c1. The monoisotopic (exact) mass is 493 g/mol. The van der Waals surface area contributed by atoms with Gasteiger partial charge in [-0.2, -0.15) is 0 Å². The van der Waals surface area contributed by atoms with Crippen LogP contribution in [0.2, 0.25) is 0 Å². The van der Waals surface area contributed by atoms with Crippen molar-refractivity contribution >= 4 is 11.7 Å². The second-order valence-electron chi connectivity index (χ2n) is 8.64. The van der Waals surface area contributed by atoms with E-state index in [1.807, 2.05) is 19.1 Å². The van der Waals surface area contributed by atoms with Gasteiger partial charge in [0.25, 0.3) is 0 Å². The minimum atomic E-state index is -0.326. The number of carbonyl (C=O) groups excluding carboxylic acids is 1. The number of anilines is 1. The normalized spacial score (nSPS) is 10.8. The molecule has 192 valence electrons. The number of rotatable bonds is 13. The Morgan fingerprint density at radius 2 is 1.72 bits per heavy atom. The summed E-state index contributed by atoms with van der Waals surface area (Å²) < 4.78 is 30.6. The number of halogens is 1. The highest BCUT2D eigenvalue weighted by atomic mass is 19.1. The molecule has 0 aromatic heterocycles. The molecule has 0 saturated heterocycles. The van der Waals surface area contributed by atoms with E-state index in [-0.39, 0.29) is 18.2 Å². The second kappa shape index (κ2) is 13.6. The third-order valence-corrected chi connectivity index (χ3v) is 5.88. The van der Waals surface area contributed by atoms with Crippen LogP contribution in [0.15, 0.2) is 54.6 Å². The molecule has 0 spiro atoms. The Morgan fingerprint density at radius 3 is 2.42 bits per heavy atom. The zero-order chi connectivity index (χ0) is 25.9. The van der Waals surface area contributed by atoms with Crippen molar-refractivity contribution in [1.29, 1.82) is 0 Å². The lowest BCUT2D eigenvalue weighted by molar-refractivity contribution is -0.143. The van der Waals surface area contributed by atoms with Crippen LogP contribution in [-0.2, 0) is 27.2 Å². The number of nitrogens with one attached hydrogen (secondary N) is 1. The van der Waals surface area contributed by atoms with Gasteiger partial charge in [-0.15, -0.1) is 0 Å². The number of ether oxygens (including phenoxy) is 3. The van der Waals surface area contributed by atoms with Gasteiger partial charge in [-0.25, -0.2) is 4.39 Å². The number of esters is 1. The van der Waals surface area contributed by atoms with E-state index in [1.54, 1.807) is 13.0 Å². The highest BCUT2D eigenvalue weighted by Crippen LogP contribution is 2.31. The van der Waals surface area contributed by atoms with Gasteiger partial charge in [-0.1, -0.05) is 24.3 Å². The molecule has 36 heavy (non-hydrogen) atoms. The van der Waals surface area contributed by atoms with Gasteiger partial charge in [0.15, 0.2) is 0 Å². The molecule has 0 heterocycles. The lowest BCUT2D eigenvalue weighted by Crippen LogP contribution is -2.07. The third-order valence-electron chi connectivity index (χ3n) is 5.88. The fourth-order valence-corrected chi connectivity index (χ4v) is 4.20. The van der Waals surface area contributed by atoms with Crippen molar-refractivity contribution in [3.8, 4) is 16.9 Å². The van der Waals surface area contributed by atoms with Crippen LogP contribution < -0.4 is 10.1 Å². The van der Waals surface area contributed by atoms with Crippen LogP contribution in [0, 0.1) is 19.7 Å². The molecule has 0 aliphatic carbocycles. The van der Waals surface area contributed by atoms with Crippen molar-refractivity contribution in [2.75, 3.05) is 31.7 Å².